The zero-order valence-corrected chi connectivity index (χ0v) is 13.1. The molecular weight excluding hydrogens is 296 g/mol. The molecule has 0 saturated heterocycles. The van der Waals surface area contributed by atoms with Crippen LogP contribution in [0.2, 0.25) is 0 Å². The molecule has 0 aromatic heterocycles. The molecule has 0 N–H and O–H groups in total. The van der Waals surface area contributed by atoms with Crippen molar-refractivity contribution < 1.29 is 4.84 Å². The van der Waals surface area contributed by atoms with Gasteiger partial charge in [0.05, 0.1) is 17.8 Å². The molecule has 3 heteroatoms. The Morgan fingerprint density at radius 2 is 1.58 bits per heavy atom. The summed E-state index contributed by atoms with van der Waals surface area (Å²) >= 11 is 0. The second-order valence-corrected chi connectivity index (χ2v) is 5.23. The van der Waals surface area contributed by atoms with Gasteiger partial charge in [-0.25, -0.2) is 0 Å². The first-order valence-corrected chi connectivity index (χ1v) is 7.66. The molecular formula is C21H16N2O. The summed E-state index contributed by atoms with van der Waals surface area (Å²) < 4.78 is 0. The predicted molar refractivity (Wildman–Crippen MR) is 95.4 cm³/mol. The molecule has 0 heterocycles. The average Bonchev–Trinajstić information content (AvgIpc) is 2.66. The molecule has 0 aliphatic carbocycles. The molecule has 0 unspecified atom stereocenters. The third kappa shape index (κ3) is 3.68. The van der Waals surface area contributed by atoms with E-state index in [0.29, 0.717) is 12.2 Å². The maximum Gasteiger partial charge on any atom is 0.142 e. The molecule has 116 valence electrons. The largest absolute Gasteiger partial charge is 0.391 e. The van der Waals surface area contributed by atoms with Crippen molar-refractivity contribution in [2.75, 3.05) is 0 Å². The molecule has 0 aliphatic rings. The molecule has 3 nitrogen and oxygen atoms in total. The first-order chi connectivity index (χ1) is 11.9. The molecule has 3 rings (SSSR count). The second kappa shape index (κ2) is 7.75. The maximum atomic E-state index is 9.06. The van der Waals surface area contributed by atoms with Crippen LogP contribution < -0.4 is 0 Å². The van der Waals surface area contributed by atoms with Crippen LogP contribution in [0.25, 0.3) is 11.1 Å². The number of nitrogens with zero attached hydrogens (tertiary/aromatic N) is 2. The van der Waals surface area contributed by atoms with Crippen LogP contribution in [0.3, 0.4) is 0 Å². The van der Waals surface area contributed by atoms with Crippen molar-refractivity contribution in [3.8, 4) is 17.2 Å². The van der Waals surface area contributed by atoms with E-state index in [9.17, 15) is 0 Å². The lowest BCUT2D eigenvalue weighted by Gasteiger charge is -2.08. The van der Waals surface area contributed by atoms with E-state index in [1.165, 1.54) is 0 Å². The van der Waals surface area contributed by atoms with Gasteiger partial charge >= 0.3 is 0 Å². The van der Waals surface area contributed by atoms with E-state index >= 15 is 0 Å². The van der Waals surface area contributed by atoms with E-state index < -0.39 is 0 Å². The molecule has 0 spiro atoms. The van der Waals surface area contributed by atoms with Gasteiger partial charge in [0.25, 0.3) is 0 Å². The van der Waals surface area contributed by atoms with E-state index in [1.54, 1.807) is 12.3 Å². The van der Waals surface area contributed by atoms with Crippen LogP contribution in [-0.4, -0.2) is 6.21 Å². The summed E-state index contributed by atoms with van der Waals surface area (Å²) in [5.41, 5.74) is 4.67. The Bertz CT molecular complexity index is 880. The SMILES string of the molecule is N#Cc1ccccc1C=NOCc1ccccc1-c1ccccc1. The fourth-order valence-corrected chi connectivity index (χ4v) is 2.46. The van der Waals surface area contributed by atoms with E-state index in [-0.39, 0.29) is 0 Å². The highest BCUT2D eigenvalue weighted by Crippen LogP contribution is 2.23. The molecule has 3 aromatic carbocycles. The van der Waals surface area contributed by atoms with Crippen LogP contribution in [0.15, 0.2) is 84.0 Å². The van der Waals surface area contributed by atoms with Gasteiger partial charge in [-0.15, -0.1) is 0 Å². The third-order valence-corrected chi connectivity index (χ3v) is 3.67. The summed E-state index contributed by atoms with van der Waals surface area (Å²) in [5.74, 6) is 0. The zero-order chi connectivity index (χ0) is 16.6. The highest BCUT2D eigenvalue weighted by atomic mass is 16.6. The Balaban J connectivity index is 1.72. The Morgan fingerprint density at radius 1 is 0.875 bits per heavy atom. The van der Waals surface area contributed by atoms with Gasteiger partial charge in [-0.1, -0.05) is 78.0 Å². The average molecular weight is 312 g/mol. The smallest absolute Gasteiger partial charge is 0.142 e. The number of hydrogen-bond acceptors (Lipinski definition) is 3. The Morgan fingerprint density at radius 3 is 2.42 bits per heavy atom. The standard InChI is InChI=1S/C21H16N2O/c22-14-18-10-4-5-11-19(18)15-23-24-16-20-12-6-7-13-21(20)17-8-2-1-3-9-17/h1-13,15H,16H2. The van der Waals surface area contributed by atoms with Crippen LogP contribution in [0.5, 0.6) is 0 Å². The first-order valence-electron chi connectivity index (χ1n) is 7.66. The Hall–Kier alpha value is -3.38. The minimum absolute atomic E-state index is 0.371. The van der Waals surface area contributed by atoms with Crippen molar-refractivity contribution in [3.05, 3.63) is 95.6 Å². The lowest BCUT2D eigenvalue weighted by molar-refractivity contribution is 0.132. The van der Waals surface area contributed by atoms with Crippen LogP contribution in [0.4, 0.5) is 0 Å². The topological polar surface area (TPSA) is 45.4 Å². The van der Waals surface area contributed by atoms with E-state index in [1.807, 2.05) is 54.6 Å². The lowest BCUT2D eigenvalue weighted by atomic mass is 10.0. The third-order valence-electron chi connectivity index (χ3n) is 3.67. The van der Waals surface area contributed by atoms with Gasteiger partial charge in [0.1, 0.15) is 6.61 Å². The monoisotopic (exact) mass is 312 g/mol. The Labute approximate surface area is 141 Å². The quantitative estimate of drug-likeness (QED) is 0.503. The van der Waals surface area contributed by atoms with Crippen LogP contribution in [-0.2, 0) is 11.4 Å². The zero-order valence-electron chi connectivity index (χ0n) is 13.1. The van der Waals surface area contributed by atoms with Crippen molar-refractivity contribution in [2.45, 2.75) is 6.61 Å². The van der Waals surface area contributed by atoms with Gasteiger partial charge in [0.15, 0.2) is 0 Å². The Kier molecular flexibility index (Phi) is 5.01. The highest BCUT2D eigenvalue weighted by Gasteiger charge is 2.04. The molecule has 0 atom stereocenters. The molecule has 0 bridgehead atoms. The van der Waals surface area contributed by atoms with Gasteiger partial charge in [-0.05, 0) is 22.8 Å². The van der Waals surface area contributed by atoms with E-state index in [0.717, 1.165) is 22.3 Å². The van der Waals surface area contributed by atoms with Gasteiger partial charge < -0.3 is 4.84 Å². The maximum absolute atomic E-state index is 9.06. The van der Waals surface area contributed by atoms with Crippen LogP contribution in [0, 0.1) is 11.3 Å². The van der Waals surface area contributed by atoms with E-state index in [4.69, 9.17) is 10.1 Å². The molecule has 0 aliphatic heterocycles. The number of nitriles is 1. The van der Waals surface area contributed by atoms with Crippen LogP contribution >= 0.6 is 0 Å². The summed E-state index contributed by atoms with van der Waals surface area (Å²) in [6, 6.07) is 27.7. The molecule has 24 heavy (non-hydrogen) atoms. The minimum Gasteiger partial charge on any atom is -0.391 e. The molecule has 0 fully saturated rings. The first kappa shape index (κ1) is 15.5. The predicted octanol–water partition coefficient (Wildman–Crippen LogP) is 4.78. The van der Waals surface area contributed by atoms with Gasteiger partial charge in [0, 0.05) is 5.56 Å². The highest BCUT2D eigenvalue weighted by molar-refractivity contribution is 5.82. The van der Waals surface area contributed by atoms with Crippen molar-refractivity contribution in [3.63, 3.8) is 0 Å². The number of rotatable bonds is 5. The molecule has 0 radical (unpaired) electrons. The fraction of sp³-hybridized carbons (Fsp3) is 0.0476. The summed E-state index contributed by atoms with van der Waals surface area (Å²) in [4.78, 5) is 5.45. The summed E-state index contributed by atoms with van der Waals surface area (Å²) in [6.45, 7) is 0.371. The second-order valence-electron chi connectivity index (χ2n) is 5.23. The fourth-order valence-electron chi connectivity index (χ4n) is 2.46. The number of hydrogen-bond donors (Lipinski definition) is 0. The van der Waals surface area contributed by atoms with Crippen molar-refractivity contribution in [1.82, 2.24) is 0 Å². The number of oxime groups is 1. The lowest BCUT2D eigenvalue weighted by Crippen LogP contribution is -1.93. The van der Waals surface area contributed by atoms with Crippen molar-refractivity contribution >= 4 is 6.21 Å². The molecule has 3 aromatic rings. The van der Waals surface area contributed by atoms with Crippen molar-refractivity contribution in [2.24, 2.45) is 5.16 Å². The molecule has 0 amide bonds. The van der Waals surface area contributed by atoms with Crippen molar-refractivity contribution in [1.29, 1.82) is 5.26 Å². The van der Waals surface area contributed by atoms with Gasteiger partial charge in [-0.2, -0.15) is 5.26 Å². The summed E-state index contributed by atoms with van der Waals surface area (Å²) in [6.07, 6.45) is 1.57. The van der Waals surface area contributed by atoms with Crippen LogP contribution in [0.1, 0.15) is 16.7 Å². The molecule has 0 saturated carbocycles. The normalized spacial score (nSPS) is 10.5. The minimum atomic E-state index is 0.371. The number of benzene rings is 3. The van der Waals surface area contributed by atoms with Gasteiger partial charge in [-0.3, -0.25) is 0 Å². The summed E-state index contributed by atoms with van der Waals surface area (Å²) in [7, 11) is 0. The van der Waals surface area contributed by atoms with Gasteiger partial charge in [0.2, 0.25) is 0 Å². The summed E-state index contributed by atoms with van der Waals surface area (Å²) in [5, 5.41) is 13.1. The van der Waals surface area contributed by atoms with E-state index in [2.05, 4.69) is 29.4 Å².